The van der Waals surface area contributed by atoms with Gasteiger partial charge in [0.1, 0.15) is 35.9 Å². The molecule has 0 saturated heterocycles. The number of nitrogens with zero attached hydrogens (tertiary/aromatic N) is 4. The Bertz CT molecular complexity index is 1370. The predicted molar refractivity (Wildman–Crippen MR) is 122 cm³/mol. The minimum atomic E-state index is -3.84. The zero-order valence-corrected chi connectivity index (χ0v) is 20.4. The Morgan fingerprint density at radius 3 is 2.21 bits per heavy atom. The highest BCUT2D eigenvalue weighted by atomic mass is 19.3. The lowest BCUT2D eigenvalue weighted by Gasteiger charge is -2.74. The van der Waals surface area contributed by atoms with Crippen molar-refractivity contribution in [2.75, 3.05) is 6.61 Å². The van der Waals surface area contributed by atoms with Crippen LogP contribution < -0.4 is 4.74 Å². The van der Waals surface area contributed by atoms with Crippen LogP contribution in [-0.2, 0) is 17.6 Å². The molecule has 0 aliphatic heterocycles. The number of halogens is 6. The van der Waals surface area contributed by atoms with Crippen molar-refractivity contribution in [2.45, 2.75) is 67.1 Å². The highest BCUT2D eigenvalue weighted by Gasteiger charge is 2.82. The summed E-state index contributed by atoms with van der Waals surface area (Å²) in [5, 5.41) is 31.8. The fourth-order valence-electron chi connectivity index (χ4n) is 6.67. The average molecular weight is 554 g/mol. The first-order chi connectivity index (χ1) is 18.2. The van der Waals surface area contributed by atoms with Crippen molar-refractivity contribution in [3.8, 4) is 5.75 Å². The van der Waals surface area contributed by atoms with E-state index in [1.54, 1.807) is 24.3 Å². The van der Waals surface area contributed by atoms with Gasteiger partial charge in [0.25, 0.3) is 11.8 Å². The van der Waals surface area contributed by atoms with E-state index in [1.807, 2.05) is 0 Å². The fourth-order valence-corrected chi connectivity index (χ4v) is 6.67. The number of ether oxygens (including phenoxy) is 1. The van der Waals surface area contributed by atoms with Gasteiger partial charge in [-0.25, -0.2) is 31.0 Å². The van der Waals surface area contributed by atoms with Crippen LogP contribution in [0.4, 0.5) is 26.3 Å². The monoisotopic (exact) mass is 554 g/mol. The molecule has 1 atom stereocenters. The maximum absolute atomic E-state index is 16.3. The van der Waals surface area contributed by atoms with Crippen molar-refractivity contribution in [3.63, 3.8) is 0 Å². The molecule has 0 unspecified atom stereocenters. The lowest BCUT2D eigenvalue weighted by molar-refractivity contribution is -0.347. The number of hydrogen-bond acceptors (Lipinski definition) is 6. The number of rotatable bonds is 9. The van der Waals surface area contributed by atoms with Crippen LogP contribution in [0.5, 0.6) is 5.75 Å². The summed E-state index contributed by atoms with van der Waals surface area (Å²) < 4.78 is 93.3. The standard InChI is InChI=1S/C26H24F6N4O3/c27-17-3-6-19(20(28)7-17)25(38,13-36-15-33-34-35-36)26(31,32)22-8-21(9-22,10-22)16-1-4-18(5-2-16)39-14-23(37)11-24(29,30)12-23/h1-7,15,37-38H,8-14H2/t21?,22?,25-/m0/s1. The smallest absolute Gasteiger partial charge is 0.287 e. The molecule has 7 nitrogen and oxygen atoms in total. The Labute approximate surface area is 218 Å². The number of alkyl halides is 4. The van der Waals surface area contributed by atoms with Crippen LogP contribution in [0, 0.1) is 17.0 Å². The third-order valence-electron chi connectivity index (χ3n) is 8.52. The number of aliphatic hydroxyl groups is 2. The van der Waals surface area contributed by atoms with Gasteiger partial charge in [-0.15, -0.1) is 5.10 Å². The second-order valence-electron chi connectivity index (χ2n) is 11.4. The summed E-state index contributed by atoms with van der Waals surface area (Å²) in [6.07, 6.45) is -0.267. The molecule has 0 amide bonds. The summed E-state index contributed by atoms with van der Waals surface area (Å²) in [6, 6.07) is 8.63. The molecule has 0 spiro atoms. The first kappa shape index (κ1) is 26.1. The zero-order valence-electron chi connectivity index (χ0n) is 20.4. The molecule has 208 valence electrons. The topological polar surface area (TPSA) is 93.3 Å². The molecule has 39 heavy (non-hydrogen) atoms. The van der Waals surface area contributed by atoms with Crippen LogP contribution in [0.3, 0.4) is 0 Å². The lowest BCUT2D eigenvalue weighted by atomic mass is 9.30. The van der Waals surface area contributed by atoms with Gasteiger partial charge in [-0.3, -0.25) is 0 Å². The minimum absolute atomic E-state index is 0.0166. The predicted octanol–water partition coefficient (Wildman–Crippen LogP) is 4.14. The maximum atomic E-state index is 16.3. The van der Waals surface area contributed by atoms with Gasteiger partial charge in [0, 0.05) is 29.9 Å². The number of aromatic nitrogens is 4. The first-order valence-electron chi connectivity index (χ1n) is 12.3. The molecule has 13 heteroatoms. The van der Waals surface area contributed by atoms with E-state index in [-0.39, 0.29) is 25.9 Å². The minimum Gasteiger partial charge on any atom is -0.491 e. The van der Waals surface area contributed by atoms with Crippen LogP contribution in [0.1, 0.15) is 43.2 Å². The van der Waals surface area contributed by atoms with Gasteiger partial charge in [0.2, 0.25) is 0 Å². The van der Waals surface area contributed by atoms with E-state index in [0.717, 1.165) is 28.7 Å². The molecule has 4 aliphatic rings. The number of hydrogen-bond donors (Lipinski definition) is 2. The fraction of sp³-hybridized carbons (Fsp3) is 0.500. The molecule has 4 fully saturated rings. The summed E-state index contributed by atoms with van der Waals surface area (Å²) in [7, 11) is 0. The van der Waals surface area contributed by atoms with Crippen LogP contribution in [0.25, 0.3) is 0 Å². The normalized spacial score (nSPS) is 28.0. The highest BCUT2D eigenvalue weighted by Crippen LogP contribution is 2.80. The van der Waals surface area contributed by atoms with Crippen LogP contribution in [0.2, 0.25) is 0 Å². The third-order valence-corrected chi connectivity index (χ3v) is 8.52. The van der Waals surface area contributed by atoms with Gasteiger partial charge in [-0.2, -0.15) is 0 Å². The van der Waals surface area contributed by atoms with Gasteiger partial charge in [0.15, 0.2) is 5.60 Å². The van der Waals surface area contributed by atoms with Crippen molar-refractivity contribution in [3.05, 3.63) is 71.6 Å². The summed E-state index contributed by atoms with van der Waals surface area (Å²) in [4.78, 5) is 0. The Kier molecular flexibility index (Phi) is 5.45. The Hall–Kier alpha value is -3.19. The van der Waals surface area contributed by atoms with E-state index in [4.69, 9.17) is 4.74 Å². The molecule has 2 N–H and O–H groups in total. The first-order valence-corrected chi connectivity index (χ1v) is 12.3. The van der Waals surface area contributed by atoms with E-state index in [2.05, 4.69) is 15.5 Å². The quantitative estimate of drug-likeness (QED) is 0.387. The second kappa shape index (κ2) is 8.17. The molecular formula is C26H24F6N4O3. The lowest BCUT2D eigenvalue weighted by Crippen LogP contribution is -2.76. The van der Waals surface area contributed by atoms with Gasteiger partial charge >= 0.3 is 0 Å². The molecular weight excluding hydrogens is 530 g/mol. The van der Waals surface area contributed by atoms with Gasteiger partial charge < -0.3 is 14.9 Å². The van der Waals surface area contributed by atoms with Crippen molar-refractivity contribution >= 4 is 0 Å². The largest absolute Gasteiger partial charge is 0.491 e. The molecule has 7 rings (SSSR count). The second-order valence-corrected chi connectivity index (χ2v) is 11.4. The number of tetrazole rings is 1. The van der Waals surface area contributed by atoms with Gasteiger partial charge in [-0.05, 0) is 64.9 Å². The van der Waals surface area contributed by atoms with Crippen molar-refractivity contribution in [2.24, 2.45) is 5.41 Å². The molecule has 1 heterocycles. The Morgan fingerprint density at radius 2 is 1.64 bits per heavy atom. The molecule has 3 aromatic rings. The van der Waals surface area contributed by atoms with E-state index < -0.39 is 70.5 Å². The van der Waals surface area contributed by atoms with Gasteiger partial charge in [0.05, 0.1) is 6.54 Å². The Balaban J connectivity index is 1.19. The van der Waals surface area contributed by atoms with E-state index >= 15 is 8.78 Å². The van der Waals surface area contributed by atoms with E-state index in [1.165, 1.54) is 0 Å². The molecule has 4 aliphatic carbocycles. The molecule has 2 bridgehead atoms. The summed E-state index contributed by atoms with van der Waals surface area (Å²) in [5.41, 5.74) is -6.85. The maximum Gasteiger partial charge on any atom is 0.287 e. The van der Waals surface area contributed by atoms with Crippen molar-refractivity contribution < 1.29 is 41.3 Å². The summed E-state index contributed by atoms with van der Waals surface area (Å²) in [5.74, 6) is -8.67. The molecule has 2 aromatic carbocycles. The Morgan fingerprint density at radius 1 is 0.974 bits per heavy atom. The van der Waals surface area contributed by atoms with Crippen molar-refractivity contribution in [1.29, 1.82) is 0 Å². The van der Waals surface area contributed by atoms with Crippen LogP contribution >= 0.6 is 0 Å². The van der Waals surface area contributed by atoms with E-state index in [9.17, 15) is 27.8 Å². The van der Waals surface area contributed by atoms with Crippen LogP contribution in [0.15, 0.2) is 48.8 Å². The van der Waals surface area contributed by atoms with Crippen LogP contribution in [-0.4, -0.2) is 54.5 Å². The highest BCUT2D eigenvalue weighted by molar-refractivity contribution is 5.44. The number of benzene rings is 2. The van der Waals surface area contributed by atoms with E-state index in [0.29, 0.717) is 11.8 Å². The summed E-state index contributed by atoms with van der Waals surface area (Å²) >= 11 is 0. The third kappa shape index (κ3) is 3.92. The molecule has 1 aromatic heterocycles. The molecule has 4 saturated carbocycles. The SMILES string of the molecule is OC1(COc2ccc(C34CC(C(F)(F)[C@](O)(Cn5cnnn5)c5ccc(F)cc5F)(C3)C4)cc2)CC(F)(F)C1. The van der Waals surface area contributed by atoms with Gasteiger partial charge in [-0.1, -0.05) is 12.1 Å². The molecule has 0 radical (unpaired) electrons. The average Bonchev–Trinajstić information content (AvgIpc) is 3.28. The zero-order chi connectivity index (χ0) is 27.9. The van der Waals surface area contributed by atoms with Crippen molar-refractivity contribution in [1.82, 2.24) is 20.2 Å². The summed E-state index contributed by atoms with van der Waals surface area (Å²) in [6.45, 7) is -1.14.